The standard InChI is InChI=1S/C19H16ClN3O4S/c1-13-18(12-21-27-13)19(24)22-16-6-8-17(9-7-16)23-28(25,26)11-10-14-2-4-15(20)5-3-14/h2-12,23H,1H3,(H,22,24)/b11-10+. The minimum Gasteiger partial charge on any atom is -0.361 e. The fraction of sp³-hybridized carbons (Fsp3) is 0.0526. The van der Waals surface area contributed by atoms with Crippen molar-refractivity contribution in [1.82, 2.24) is 5.16 Å². The first-order chi connectivity index (χ1) is 13.3. The molecule has 0 atom stereocenters. The van der Waals surface area contributed by atoms with E-state index in [1.165, 1.54) is 12.3 Å². The van der Waals surface area contributed by atoms with E-state index in [-0.39, 0.29) is 5.91 Å². The number of hydrogen-bond donors (Lipinski definition) is 2. The molecule has 7 nitrogen and oxygen atoms in total. The van der Waals surface area contributed by atoms with Crippen LogP contribution in [0.5, 0.6) is 0 Å². The summed E-state index contributed by atoms with van der Waals surface area (Å²) in [6.07, 6.45) is 2.80. The van der Waals surface area contributed by atoms with Crippen LogP contribution in [0.1, 0.15) is 21.7 Å². The highest BCUT2D eigenvalue weighted by Crippen LogP contribution is 2.18. The van der Waals surface area contributed by atoms with E-state index in [2.05, 4.69) is 15.2 Å². The lowest BCUT2D eigenvalue weighted by Crippen LogP contribution is -2.12. The number of sulfonamides is 1. The van der Waals surface area contributed by atoms with Gasteiger partial charge in [0.2, 0.25) is 0 Å². The largest absolute Gasteiger partial charge is 0.361 e. The van der Waals surface area contributed by atoms with Crippen LogP contribution in [0.15, 0.2) is 64.7 Å². The van der Waals surface area contributed by atoms with Crippen molar-refractivity contribution in [3.8, 4) is 0 Å². The summed E-state index contributed by atoms with van der Waals surface area (Å²) in [5, 5.41) is 7.89. The number of nitrogens with zero attached hydrogens (tertiary/aromatic N) is 1. The van der Waals surface area contributed by atoms with E-state index in [9.17, 15) is 13.2 Å². The van der Waals surface area contributed by atoms with Crippen LogP contribution in [0.25, 0.3) is 6.08 Å². The zero-order valence-corrected chi connectivity index (χ0v) is 16.3. The Bertz CT molecular complexity index is 1100. The normalized spacial score (nSPS) is 11.5. The van der Waals surface area contributed by atoms with Crippen LogP contribution >= 0.6 is 11.6 Å². The Morgan fingerprint density at radius 3 is 2.32 bits per heavy atom. The van der Waals surface area contributed by atoms with Crippen LogP contribution < -0.4 is 10.0 Å². The van der Waals surface area contributed by atoms with Gasteiger partial charge in [0.05, 0.1) is 11.6 Å². The Hall–Kier alpha value is -3.10. The zero-order valence-electron chi connectivity index (χ0n) is 14.7. The molecule has 0 spiro atoms. The van der Waals surface area contributed by atoms with Crippen molar-refractivity contribution in [2.45, 2.75) is 6.92 Å². The van der Waals surface area contributed by atoms with Gasteiger partial charge in [0.25, 0.3) is 15.9 Å². The molecule has 1 heterocycles. The summed E-state index contributed by atoms with van der Waals surface area (Å²) in [4.78, 5) is 12.1. The van der Waals surface area contributed by atoms with E-state index in [0.29, 0.717) is 33.3 Å². The maximum absolute atomic E-state index is 12.2. The number of halogens is 1. The average molecular weight is 418 g/mol. The van der Waals surface area contributed by atoms with Crippen molar-refractivity contribution in [3.63, 3.8) is 0 Å². The van der Waals surface area contributed by atoms with Gasteiger partial charge in [-0.2, -0.15) is 0 Å². The highest BCUT2D eigenvalue weighted by molar-refractivity contribution is 7.95. The quantitative estimate of drug-likeness (QED) is 0.622. The third-order valence-electron chi connectivity index (χ3n) is 3.71. The Morgan fingerprint density at radius 2 is 1.71 bits per heavy atom. The molecule has 3 rings (SSSR count). The number of nitrogens with one attached hydrogen (secondary N) is 2. The molecule has 2 N–H and O–H groups in total. The molecule has 1 aromatic heterocycles. The van der Waals surface area contributed by atoms with Crippen molar-refractivity contribution < 1.29 is 17.7 Å². The third-order valence-corrected chi connectivity index (χ3v) is 4.97. The lowest BCUT2D eigenvalue weighted by atomic mass is 10.2. The van der Waals surface area contributed by atoms with Crippen LogP contribution in [0, 0.1) is 6.92 Å². The first kappa shape index (κ1) is 19.7. The number of carbonyl (C=O) groups is 1. The molecular weight excluding hydrogens is 402 g/mol. The van der Waals surface area contributed by atoms with E-state index >= 15 is 0 Å². The summed E-state index contributed by atoms with van der Waals surface area (Å²) in [6, 6.07) is 13.0. The molecule has 2 aromatic carbocycles. The van der Waals surface area contributed by atoms with Crippen LogP contribution in [0.4, 0.5) is 11.4 Å². The monoisotopic (exact) mass is 417 g/mol. The molecule has 1 amide bonds. The lowest BCUT2D eigenvalue weighted by molar-refractivity contribution is 0.102. The van der Waals surface area contributed by atoms with Crippen molar-refractivity contribution in [2.75, 3.05) is 10.0 Å². The fourth-order valence-corrected chi connectivity index (χ4v) is 3.27. The molecule has 28 heavy (non-hydrogen) atoms. The number of amides is 1. The molecule has 0 aliphatic heterocycles. The van der Waals surface area contributed by atoms with Gasteiger partial charge in [-0.3, -0.25) is 9.52 Å². The Balaban J connectivity index is 1.63. The number of benzene rings is 2. The minimum absolute atomic E-state index is 0.331. The molecule has 0 aliphatic carbocycles. The predicted molar refractivity (Wildman–Crippen MR) is 109 cm³/mol. The van der Waals surface area contributed by atoms with Crippen molar-refractivity contribution in [1.29, 1.82) is 0 Å². The summed E-state index contributed by atoms with van der Waals surface area (Å²) in [6.45, 7) is 1.64. The van der Waals surface area contributed by atoms with E-state index in [1.54, 1.807) is 55.5 Å². The summed E-state index contributed by atoms with van der Waals surface area (Å²) in [5.41, 5.74) is 1.90. The molecule has 0 radical (unpaired) electrons. The maximum Gasteiger partial charge on any atom is 0.260 e. The van der Waals surface area contributed by atoms with Crippen molar-refractivity contribution in [2.24, 2.45) is 0 Å². The van der Waals surface area contributed by atoms with Crippen LogP contribution in [0.2, 0.25) is 5.02 Å². The van der Waals surface area contributed by atoms with Crippen molar-refractivity contribution >= 4 is 45.0 Å². The van der Waals surface area contributed by atoms with Gasteiger partial charge in [-0.15, -0.1) is 0 Å². The van der Waals surface area contributed by atoms with E-state index in [4.69, 9.17) is 16.1 Å². The molecule has 9 heteroatoms. The van der Waals surface area contributed by atoms with Gasteiger partial charge in [-0.05, 0) is 55.0 Å². The molecule has 0 aliphatic rings. The number of anilines is 2. The number of carbonyl (C=O) groups excluding carboxylic acids is 1. The molecule has 3 aromatic rings. The van der Waals surface area contributed by atoms with Gasteiger partial charge >= 0.3 is 0 Å². The second-order valence-corrected chi connectivity index (χ2v) is 7.83. The summed E-state index contributed by atoms with van der Waals surface area (Å²) >= 11 is 5.80. The first-order valence-corrected chi connectivity index (χ1v) is 10.0. The molecular formula is C19H16ClN3O4S. The second-order valence-electron chi connectivity index (χ2n) is 5.83. The number of hydrogen-bond acceptors (Lipinski definition) is 5. The van der Waals surface area contributed by atoms with Crippen LogP contribution in [-0.4, -0.2) is 19.5 Å². The molecule has 0 unspecified atom stereocenters. The van der Waals surface area contributed by atoms with Gasteiger partial charge < -0.3 is 9.84 Å². The summed E-state index contributed by atoms with van der Waals surface area (Å²) in [5.74, 6) is 0.0485. The van der Waals surface area contributed by atoms with Crippen molar-refractivity contribution in [3.05, 3.63) is 82.0 Å². The molecule has 0 saturated heterocycles. The smallest absolute Gasteiger partial charge is 0.260 e. The predicted octanol–water partition coefficient (Wildman–Crippen LogP) is 4.30. The third kappa shape index (κ3) is 5.21. The molecule has 144 valence electrons. The van der Waals surface area contributed by atoms with Gasteiger partial charge in [0.15, 0.2) is 0 Å². The number of aromatic nitrogens is 1. The van der Waals surface area contributed by atoms with Gasteiger partial charge in [0.1, 0.15) is 11.3 Å². The van der Waals surface area contributed by atoms with Gasteiger partial charge in [0, 0.05) is 16.4 Å². The van der Waals surface area contributed by atoms with Crippen LogP contribution in [-0.2, 0) is 10.0 Å². The summed E-state index contributed by atoms with van der Waals surface area (Å²) < 4.78 is 31.7. The topological polar surface area (TPSA) is 101 Å². The van der Waals surface area contributed by atoms with Gasteiger partial charge in [-0.1, -0.05) is 28.9 Å². The Kier molecular flexibility index (Phi) is 5.81. The average Bonchev–Trinajstić information content (AvgIpc) is 3.09. The van der Waals surface area contributed by atoms with E-state index in [0.717, 1.165) is 5.41 Å². The van der Waals surface area contributed by atoms with E-state index < -0.39 is 10.0 Å². The highest BCUT2D eigenvalue weighted by Gasteiger charge is 2.13. The molecule has 0 fully saturated rings. The minimum atomic E-state index is -3.69. The Morgan fingerprint density at radius 1 is 1.07 bits per heavy atom. The molecule has 0 bridgehead atoms. The maximum atomic E-state index is 12.2. The summed E-state index contributed by atoms with van der Waals surface area (Å²) in [7, 11) is -3.69. The Labute approximate surface area is 167 Å². The zero-order chi connectivity index (χ0) is 20.1. The van der Waals surface area contributed by atoms with E-state index in [1.807, 2.05) is 0 Å². The fourth-order valence-electron chi connectivity index (χ4n) is 2.28. The second kappa shape index (κ2) is 8.28. The van der Waals surface area contributed by atoms with Crippen LogP contribution in [0.3, 0.4) is 0 Å². The number of aryl methyl sites for hydroxylation is 1. The lowest BCUT2D eigenvalue weighted by Gasteiger charge is -2.07. The highest BCUT2D eigenvalue weighted by atomic mass is 35.5. The first-order valence-electron chi connectivity index (χ1n) is 8.11. The van der Waals surface area contributed by atoms with Gasteiger partial charge in [-0.25, -0.2) is 8.42 Å². The molecule has 0 saturated carbocycles. The number of rotatable bonds is 6. The SMILES string of the molecule is Cc1oncc1C(=O)Nc1ccc(NS(=O)(=O)/C=C/c2ccc(Cl)cc2)cc1.